The summed E-state index contributed by atoms with van der Waals surface area (Å²) in [5.74, 6) is 0.171. The van der Waals surface area contributed by atoms with E-state index in [1.807, 2.05) is 0 Å². The van der Waals surface area contributed by atoms with E-state index in [2.05, 4.69) is 0 Å². The molecule has 0 aliphatic rings. The highest BCUT2D eigenvalue weighted by Gasteiger charge is 1.92. The Kier molecular flexibility index (Phi) is 9.41. The van der Waals surface area contributed by atoms with Crippen molar-refractivity contribution in [2.24, 2.45) is 0 Å². The average Bonchev–Trinajstić information content (AvgIpc) is 1.65. The molecule has 0 amide bonds. The number of hydrogen-bond acceptors (Lipinski definition) is 0. The first-order valence-electron chi connectivity index (χ1n) is 1.44. The minimum Gasteiger partial charge on any atom is -0.147 e. The maximum atomic E-state index is 5.28. The van der Waals surface area contributed by atoms with Gasteiger partial charge in [0.1, 0.15) is 4.49 Å². The molecule has 0 aliphatic carbocycles. The van der Waals surface area contributed by atoms with Crippen LogP contribution in [0.2, 0.25) is 0 Å². The second kappa shape index (κ2) is 6.31. The summed E-state index contributed by atoms with van der Waals surface area (Å²) in [5, 5.41) is 0.282. The van der Waals surface area contributed by atoms with Gasteiger partial charge in [-0.15, -0.1) is 24.0 Å². The molecule has 5 heteroatoms. The van der Waals surface area contributed by atoms with Gasteiger partial charge in [0.15, 0.2) is 0 Å². The summed E-state index contributed by atoms with van der Waals surface area (Å²) >= 11 is 20.8. The Morgan fingerprint density at radius 3 is 1.50 bits per heavy atom. The second-order valence-corrected chi connectivity index (χ2v) is 2.47. The SMILES string of the molecule is Cl.ClCC(Cl)=C(Cl)Cl. The molecule has 0 rings (SSSR count). The van der Waals surface area contributed by atoms with Crippen molar-refractivity contribution < 1.29 is 0 Å². The third-order valence-electron chi connectivity index (χ3n) is 0.322. The summed E-state index contributed by atoms with van der Waals surface area (Å²) in [4.78, 5) is 0. The Morgan fingerprint density at radius 2 is 1.50 bits per heavy atom. The molecular formula is C3H3Cl5. The van der Waals surface area contributed by atoms with Crippen molar-refractivity contribution in [1.82, 2.24) is 0 Å². The van der Waals surface area contributed by atoms with Crippen LogP contribution in [-0.2, 0) is 0 Å². The predicted molar refractivity (Wildman–Crippen MR) is 42.6 cm³/mol. The maximum Gasteiger partial charge on any atom is 0.122 e. The number of alkyl halides is 1. The highest BCUT2D eigenvalue weighted by molar-refractivity contribution is 6.60. The first-order valence-corrected chi connectivity index (χ1v) is 3.11. The molecule has 0 bridgehead atoms. The van der Waals surface area contributed by atoms with Crippen molar-refractivity contribution in [1.29, 1.82) is 0 Å². The van der Waals surface area contributed by atoms with Crippen LogP contribution in [0.3, 0.4) is 0 Å². The fourth-order valence-electron chi connectivity index (χ4n) is 0.0505. The lowest BCUT2D eigenvalue weighted by Crippen LogP contribution is -1.69. The number of halogens is 5. The first kappa shape index (κ1) is 11.9. The summed E-state index contributed by atoms with van der Waals surface area (Å²) in [7, 11) is 0. The zero-order valence-corrected chi connectivity index (χ0v) is 7.47. The lowest BCUT2D eigenvalue weighted by molar-refractivity contribution is 1.69. The van der Waals surface area contributed by atoms with Crippen LogP contribution in [0.5, 0.6) is 0 Å². The Bertz CT molecular complexity index is 81.7. The molecule has 0 saturated carbocycles. The van der Waals surface area contributed by atoms with Crippen LogP contribution < -0.4 is 0 Å². The van der Waals surface area contributed by atoms with E-state index in [0.717, 1.165) is 0 Å². The standard InChI is InChI=1S/C3H2Cl4.ClH/c4-1-2(5)3(6)7;/h1H2;1H. The molecule has 0 unspecified atom stereocenters. The molecule has 0 N–H and O–H groups in total. The molecule has 0 spiro atoms. The molecule has 0 aromatic carbocycles. The van der Waals surface area contributed by atoms with Crippen molar-refractivity contribution in [3.8, 4) is 0 Å². The lowest BCUT2D eigenvalue weighted by atomic mass is 10.7. The average molecular weight is 216 g/mol. The van der Waals surface area contributed by atoms with Gasteiger partial charge in [-0.2, -0.15) is 0 Å². The molecule has 50 valence electrons. The molecule has 0 aliphatic heterocycles. The van der Waals surface area contributed by atoms with E-state index in [1.165, 1.54) is 0 Å². The van der Waals surface area contributed by atoms with Crippen molar-refractivity contribution in [2.45, 2.75) is 0 Å². The van der Waals surface area contributed by atoms with Gasteiger partial charge in [-0.05, 0) is 0 Å². The van der Waals surface area contributed by atoms with E-state index in [0.29, 0.717) is 0 Å². The van der Waals surface area contributed by atoms with Gasteiger partial charge < -0.3 is 0 Å². The van der Waals surface area contributed by atoms with E-state index in [1.54, 1.807) is 0 Å². The summed E-state index contributed by atoms with van der Waals surface area (Å²) in [5.41, 5.74) is 0. The molecule has 8 heavy (non-hydrogen) atoms. The van der Waals surface area contributed by atoms with Crippen LogP contribution in [0.25, 0.3) is 0 Å². The van der Waals surface area contributed by atoms with Crippen molar-refractivity contribution >= 4 is 58.8 Å². The lowest BCUT2D eigenvalue weighted by Gasteiger charge is -1.85. The fraction of sp³-hybridized carbons (Fsp3) is 0.333. The molecular weight excluding hydrogens is 213 g/mol. The van der Waals surface area contributed by atoms with Gasteiger partial charge in [0, 0.05) is 0 Å². The zero-order valence-electron chi connectivity index (χ0n) is 3.63. The summed E-state index contributed by atoms with van der Waals surface area (Å²) in [6.07, 6.45) is 0. The minimum atomic E-state index is 0. The normalized spacial score (nSPS) is 7.50. The number of hydrogen-bond donors (Lipinski definition) is 0. The summed E-state index contributed by atoms with van der Waals surface area (Å²) in [6.45, 7) is 0. The fourth-order valence-corrected chi connectivity index (χ4v) is 0.455. The Labute approximate surface area is 74.1 Å². The molecule has 0 nitrogen and oxygen atoms in total. The van der Waals surface area contributed by atoms with E-state index in [4.69, 9.17) is 46.4 Å². The van der Waals surface area contributed by atoms with Gasteiger partial charge in [-0.1, -0.05) is 34.8 Å². The Hall–Kier alpha value is 1.19. The van der Waals surface area contributed by atoms with Crippen molar-refractivity contribution in [3.05, 3.63) is 9.52 Å². The van der Waals surface area contributed by atoms with Gasteiger partial charge >= 0.3 is 0 Å². The topological polar surface area (TPSA) is 0 Å². The zero-order chi connectivity index (χ0) is 5.86. The third-order valence-corrected chi connectivity index (χ3v) is 1.70. The quantitative estimate of drug-likeness (QED) is 0.588. The highest BCUT2D eigenvalue weighted by Crippen LogP contribution is 2.17. The van der Waals surface area contributed by atoms with Crippen molar-refractivity contribution in [3.63, 3.8) is 0 Å². The van der Waals surface area contributed by atoms with Crippen LogP contribution in [0.1, 0.15) is 0 Å². The van der Waals surface area contributed by atoms with Gasteiger partial charge in [-0.3, -0.25) is 0 Å². The molecule has 0 heterocycles. The first-order chi connectivity index (χ1) is 3.18. The molecule has 0 atom stereocenters. The van der Waals surface area contributed by atoms with Gasteiger partial charge in [0.2, 0.25) is 0 Å². The van der Waals surface area contributed by atoms with E-state index in [-0.39, 0.29) is 27.8 Å². The van der Waals surface area contributed by atoms with Gasteiger partial charge in [0.05, 0.1) is 10.9 Å². The van der Waals surface area contributed by atoms with Crippen LogP contribution in [0.15, 0.2) is 9.52 Å². The number of rotatable bonds is 1. The molecule has 0 aromatic heterocycles. The third kappa shape index (κ3) is 5.33. The van der Waals surface area contributed by atoms with Gasteiger partial charge in [-0.25, -0.2) is 0 Å². The summed E-state index contributed by atoms with van der Waals surface area (Å²) in [6, 6.07) is 0. The molecule has 0 saturated heterocycles. The smallest absolute Gasteiger partial charge is 0.122 e. The monoisotopic (exact) mass is 214 g/mol. The van der Waals surface area contributed by atoms with Gasteiger partial charge in [0.25, 0.3) is 0 Å². The highest BCUT2D eigenvalue weighted by atomic mass is 35.5. The predicted octanol–water partition coefficient (Wildman–Crippen LogP) is 3.53. The molecule has 0 fully saturated rings. The van der Waals surface area contributed by atoms with Crippen LogP contribution in [-0.4, -0.2) is 5.88 Å². The van der Waals surface area contributed by atoms with E-state index >= 15 is 0 Å². The maximum absolute atomic E-state index is 5.28. The van der Waals surface area contributed by atoms with Crippen LogP contribution in [0.4, 0.5) is 0 Å². The summed E-state index contributed by atoms with van der Waals surface area (Å²) < 4.78 is 0.0386. The van der Waals surface area contributed by atoms with E-state index < -0.39 is 0 Å². The van der Waals surface area contributed by atoms with Crippen molar-refractivity contribution in [2.75, 3.05) is 5.88 Å². The molecule has 0 aromatic rings. The Balaban J connectivity index is 0. The molecule has 0 radical (unpaired) electrons. The van der Waals surface area contributed by atoms with Crippen LogP contribution >= 0.6 is 58.8 Å². The largest absolute Gasteiger partial charge is 0.147 e. The second-order valence-electron chi connectivity index (χ2n) is 0.799. The van der Waals surface area contributed by atoms with E-state index in [9.17, 15) is 0 Å². The minimum absolute atomic E-state index is 0. The van der Waals surface area contributed by atoms with Crippen LogP contribution in [0, 0.1) is 0 Å². The number of allylic oxidation sites excluding steroid dienone is 1. The Morgan fingerprint density at radius 1 is 1.12 bits per heavy atom.